The van der Waals surface area contributed by atoms with Crippen molar-refractivity contribution in [3.8, 4) is 11.8 Å². The second kappa shape index (κ2) is 6.05. The van der Waals surface area contributed by atoms with E-state index in [1.165, 1.54) is 13.2 Å². The molecule has 0 aliphatic rings. The Kier molecular flexibility index (Phi) is 4.43. The molecule has 1 rings (SSSR count). The van der Waals surface area contributed by atoms with Crippen LogP contribution in [-0.4, -0.2) is 19.6 Å². The Bertz CT molecular complexity index is 536. The maximum Gasteiger partial charge on any atom is 0.337 e. The van der Waals surface area contributed by atoms with Crippen LogP contribution in [0.2, 0.25) is 0 Å². The Balaban J connectivity index is 2.92. The van der Waals surface area contributed by atoms with E-state index in [0.29, 0.717) is 16.8 Å². The van der Waals surface area contributed by atoms with Crippen molar-refractivity contribution in [3.05, 3.63) is 39.8 Å². The van der Waals surface area contributed by atoms with E-state index in [-0.39, 0.29) is 6.54 Å². The molecule has 0 amide bonds. The first-order valence-electron chi connectivity index (χ1n) is 4.66. The molecule has 0 aliphatic carbocycles. The minimum Gasteiger partial charge on any atom is -0.465 e. The summed E-state index contributed by atoms with van der Waals surface area (Å²) in [5, 5.41) is 3.27. The number of methoxy groups -OCH3 is 1. The summed E-state index contributed by atoms with van der Waals surface area (Å²) in [6.07, 6.45) is 0. The number of esters is 1. The highest BCUT2D eigenvalue weighted by Gasteiger charge is 2.06. The molecule has 2 N–H and O–H groups in total. The minimum atomic E-state index is -0.453. The molecule has 0 fully saturated rings. The van der Waals surface area contributed by atoms with Crippen LogP contribution < -0.4 is 5.73 Å². The van der Waals surface area contributed by atoms with Crippen LogP contribution in [0.4, 0.5) is 5.69 Å². The molecule has 0 aromatic heterocycles. The SMILES string of the molecule is COC(=O)c1ccc(C#CCN=[N+]=[N-])c(N)c1. The van der Waals surface area contributed by atoms with Crippen molar-refractivity contribution in [2.45, 2.75) is 0 Å². The maximum atomic E-state index is 11.2. The second-order valence-corrected chi connectivity index (χ2v) is 2.98. The number of carbonyl (C=O) groups is 1. The summed E-state index contributed by atoms with van der Waals surface area (Å²) in [6, 6.07) is 4.67. The monoisotopic (exact) mass is 230 g/mol. The third-order valence-electron chi connectivity index (χ3n) is 1.91. The van der Waals surface area contributed by atoms with Gasteiger partial charge in [-0.05, 0) is 23.7 Å². The van der Waals surface area contributed by atoms with Crippen molar-refractivity contribution < 1.29 is 9.53 Å². The summed E-state index contributed by atoms with van der Waals surface area (Å²) in [5.41, 5.74) is 15.1. The fourth-order valence-electron chi connectivity index (χ4n) is 1.12. The molecule has 0 atom stereocenters. The van der Waals surface area contributed by atoms with Crippen molar-refractivity contribution in [1.82, 2.24) is 0 Å². The predicted octanol–water partition coefficient (Wildman–Crippen LogP) is 1.72. The van der Waals surface area contributed by atoms with Crippen molar-refractivity contribution in [2.24, 2.45) is 5.11 Å². The summed E-state index contributed by atoms with van der Waals surface area (Å²) in [5.74, 6) is 4.93. The van der Waals surface area contributed by atoms with Gasteiger partial charge in [-0.15, -0.1) is 0 Å². The van der Waals surface area contributed by atoms with Gasteiger partial charge in [0.1, 0.15) is 0 Å². The zero-order valence-corrected chi connectivity index (χ0v) is 9.17. The predicted molar refractivity (Wildman–Crippen MR) is 63.1 cm³/mol. The molecule has 6 nitrogen and oxygen atoms in total. The van der Waals surface area contributed by atoms with Gasteiger partial charge < -0.3 is 10.5 Å². The van der Waals surface area contributed by atoms with E-state index in [4.69, 9.17) is 11.3 Å². The van der Waals surface area contributed by atoms with Crippen LogP contribution in [0.3, 0.4) is 0 Å². The van der Waals surface area contributed by atoms with Crippen LogP contribution in [0.25, 0.3) is 10.4 Å². The number of anilines is 1. The average molecular weight is 230 g/mol. The molecule has 0 heterocycles. The van der Waals surface area contributed by atoms with E-state index >= 15 is 0 Å². The Morgan fingerprint density at radius 3 is 3.00 bits per heavy atom. The Morgan fingerprint density at radius 1 is 1.65 bits per heavy atom. The van der Waals surface area contributed by atoms with E-state index in [2.05, 4.69) is 26.6 Å². The highest BCUT2D eigenvalue weighted by Crippen LogP contribution is 2.13. The highest BCUT2D eigenvalue weighted by atomic mass is 16.5. The molecule has 0 bridgehead atoms. The number of ether oxygens (including phenoxy) is 1. The molecule has 86 valence electrons. The Morgan fingerprint density at radius 2 is 2.41 bits per heavy atom. The van der Waals surface area contributed by atoms with Crippen molar-refractivity contribution in [1.29, 1.82) is 0 Å². The number of hydrogen-bond donors (Lipinski definition) is 1. The summed E-state index contributed by atoms with van der Waals surface area (Å²) < 4.78 is 4.56. The van der Waals surface area contributed by atoms with Gasteiger partial charge in [0.05, 0.1) is 19.2 Å². The third-order valence-corrected chi connectivity index (χ3v) is 1.91. The molecule has 1 aromatic carbocycles. The highest BCUT2D eigenvalue weighted by molar-refractivity contribution is 5.90. The van der Waals surface area contributed by atoms with Gasteiger partial charge in [-0.2, -0.15) is 0 Å². The molecule has 1 aromatic rings. The van der Waals surface area contributed by atoms with Gasteiger partial charge >= 0.3 is 5.97 Å². The van der Waals surface area contributed by atoms with Gasteiger partial charge in [-0.1, -0.05) is 17.0 Å². The second-order valence-electron chi connectivity index (χ2n) is 2.98. The van der Waals surface area contributed by atoms with Crippen LogP contribution in [0.5, 0.6) is 0 Å². The molecule has 6 heteroatoms. The zero-order valence-electron chi connectivity index (χ0n) is 9.17. The fourth-order valence-corrected chi connectivity index (χ4v) is 1.12. The molecule has 0 saturated heterocycles. The van der Waals surface area contributed by atoms with E-state index in [9.17, 15) is 4.79 Å². The maximum absolute atomic E-state index is 11.2. The van der Waals surface area contributed by atoms with Gasteiger partial charge in [-0.25, -0.2) is 4.79 Å². The van der Waals surface area contributed by atoms with Gasteiger partial charge in [0.2, 0.25) is 0 Å². The van der Waals surface area contributed by atoms with E-state index in [1.54, 1.807) is 12.1 Å². The number of rotatable bonds is 2. The molecule has 17 heavy (non-hydrogen) atoms. The van der Waals surface area contributed by atoms with Crippen molar-refractivity contribution >= 4 is 11.7 Å². The lowest BCUT2D eigenvalue weighted by Gasteiger charge is -2.02. The molecule has 0 saturated carbocycles. The number of nitrogens with two attached hydrogens (primary N) is 1. The Labute approximate surface area is 98.0 Å². The largest absolute Gasteiger partial charge is 0.465 e. The molecular formula is C11H10N4O2. The first-order valence-corrected chi connectivity index (χ1v) is 4.66. The fraction of sp³-hybridized carbons (Fsp3) is 0.182. The van der Waals surface area contributed by atoms with Crippen LogP contribution in [0.15, 0.2) is 23.3 Å². The van der Waals surface area contributed by atoms with Crippen molar-refractivity contribution in [3.63, 3.8) is 0 Å². The number of benzene rings is 1. The van der Waals surface area contributed by atoms with E-state index in [1.807, 2.05) is 0 Å². The van der Waals surface area contributed by atoms with Crippen LogP contribution in [0, 0.1) is 11.8 Å². The third kappa shape index (κ3) is 3.45. The van der Waals surface area contributed by atoms with Gasteiger partial charge in [0, 0.05) is 16.2 Å². The van der Waals surface area contributed by atoms with Crippen molar-refractivity contribution in [2.75, 3.05) is 19.4 Å². The number of nitrogens with zero attached hydrogens (tertiary/aromatic N) is 3. The van der Waals surface area contributed by atoms with Crippen LogP contribution in [-0.2, 0) is 4.74 Å². The molecule has 0 aliphatic heterocycles. The standard InChI is InChI=1S/C11H10N4O2/c1-17-11(16)9-5-4-8(10(12)7-9)3-2-6-14-15-13/h4-5,7H,6,12H2,1H3. The smallest absolute Gasteiger partial charge is 0.337 e. The lowest BCUT2D eigenvalue weighted by Crippen LogP contribution is -2.02. The summed E-state index contributed by atoms with van der Waals surface area (Å²) >= 11 is 0. The van der Waals surface area contributed by atoms with E-state index in [0.717, 1.165) is 0 Å². The van der Waals surface area contributed by atoms with Crippen LogP contribution in [0.1, 0.15) is 15.9 Å². The van der Waals surface area contributed by atoms with E-state index < -0.39 is 5.97 Å². The molecular weight excluding hydrogens is 220 g/mol. The topological polar surface area (TPSA) is 101 Å². The lowest BCUT2D eigenvalue weighted by atomic mass is 10.1. The average Bonchev–Trinajstić information content (AvgIpc) is 2.35. The number of carbonyl (C=O) groups excluding carboxylic acids is 1. The molecule has 0 spiro atoms. The zero-order chi connectivity index (χ0) is 12.7. The summed E-state index contributed by atoms with van der Waals surface area (Å²) in [7, 11) is 1.30. The molecule has 0 radical (unpaired) electrons. The van der Waals surface area contributed by atoms with Gasteiger partial charge in [-0.3, -0.25) is 0 Å². The minimum absolute atomic E-state index is 0.0781. The lowest BCUT2D eigenvalue weighted by molar-refractivity contribution is 0.0601. The van der Waals surface area contributed by atoms with Gasteiger partial charge in [0.15, 0.2) is 0 Å². The normalized spacial score (nSPS) is 8.53. The quantitative estimate of drug-likeness (QED) is 0.209. The first-order chi connectivity index (χ1) is 8.19. The van der Waals surface area contributed by atoms with Gasteiger partial charge in [0.25, 0.3) is 0 Å². The molecule has 0 unspecified atom stereocenters. The summed E-state index contributed by atoms with van der Waals surface area (Å²) in [6.45, 7) is 0.0781. The Hall–Kier alpha value is -2.64. The van der Waals surface area contributed by atoms with Crippen LogP contribution >= 0.6 is 0 Å². The summed E-state index contributed by atoms with van der Waals surface area (Å²) in [4.78, 5) is 13.8. The first kappa shape index (κ1) is 12.4. The number of hydrogen-bond acceptors (Lipinski definition) is 4. The number of nitrogen functional groups attached to an aromatic ring is 1. The number of azide groups is 1.